The summed E-state index contributed by atoms with van der Waals surface area (Å²) in [6.07, 6.45) is 5.83. The van der Waals surface area contributed by atoms with Gasteiger partial charge in [-0.1, -0.05) is 24.1 Å². The first-order valence-corrected chi connectivity index (χ1v) is 11.2. The van der Waals surface area contributed by atoms with Gasteiger partial charge in [0.15, 0.2) is 0 Å². The minimum absolute atomic E-state index is 0.269. The predicted molar refractivity (Wildman–Crippen MR) is 106 cm³/mol. The number of hydrogen-bond acceptors (Lipinski definition) is 4. The third kappa shape index (κ3) is 5.99. The van der Waals surface area contributed by atoms with Crippen molar-refractivity contribution in [3.8, 4) is 0 Å². The van der Waals surface area contributed by atoms with E-state index in [1.807, 2.05) is 19.1 Å². The molecule has 1 atom stereocenters. The number of nitrogens with one attached hydrogen (secondary N) is 1. The highest BCUT2D eigenvalue weighted by molar-refractivity contribution is 7.92. The molecule has 1 amide bonds. The van der Waals surface area contributed by atoms with Gasteiger partial charge in [-0.05, 0) is 64.9 Å². The van der Waals surface area contributed by atoms with Crippen LogP contribution in [0, 0.1) is 6.92 Å². The summed E-state index contributed by atoms with van der Waals surface area (Å²) in [7, 11) is -3.56. The van der Waals surface area contributed by atoms with E-state index in [0.29, 0.717) is 12.2 Å². The largest absolute Gasteiger partial charge is 0.354 e. The highest BCUT2D eigenvalue weighted by Crippen LogP contribution is 2.21. The summed E-state index contributed by atoms with van der Waals surface area (Å²) in [6, 6.07) is 6.36. The van der Waals surface area contributed by atoms with Gasteiger partial charge in [-0.3, -0.25) is 9.10 Å². The second-order valence-corrected chi connectivity index (χ2v) is 8.98. The first kappa shape index (κ1) is 20.7. The van der Waals surface area contributed by atoms with Crippen molar-refractivity contribution in [1.29, 1.82) is 0 Å². The van der Waals surface area contributed by atoms with E-state index < -0.39 is 16.1 Å². The third-order valence-electron chi connectivity index (χ3n) is 4.78. The monoisotopic (exact) mass is 381 g/mol. The Morgan fingerprint density at radius 3 is 2.38 bits per heavy atom. The van der Waals surface area contributed by atoms with E-state index in [1.54, 1.807) is 19.1 Å². The molecule has 1 heterocycles. The summed E-state index contributed by atoms with van der Waals surface area (Å²) in [5.74, 6) is -0.269. The van der Waals surface area contributed by atoms with Crippen LogP contribution >= 0.6 is 0 Å². The Balaban J connectivity index is 1.91. The van der Waals surface area contributed by atoms with Crippen LogP contribution in [0.4, 0.5) is 5.69 Å². The fourth-order valence-electron chi connectivity index (χ4n) is 3.35. The summed E-state index contributed by atoms with van der Waals surface area (Å²) < 4.78 is 25.7. The van der Waals surface area contributed by atoms with Crippen LogP contribution in [-0.2, 0) is 14.8 Å². The zero-order valence-electron chi connectivity index (χ0n) is 16.1. The van der Waals surface area contributed by atoms with E-state index in [2.05, 4.69) is 10.2 Å². The Hall–Kier alpha value is -1.60. The predicted octanol–water partition coefficient (Wildman–Crippen LogP) is 2.14. The van der Waals surface area contributed by atoms with Gasteiger partial charge in [-0.15, -0.1) is 0 Å². The molecule has 1 aliphatic heterocycles. The lowest BCUT2D eigenvalue weighted by Gasteiger charge is -2.29. The molecule has 1 saturated heterocycles. The molecule has 146 valence electrons. The minimum atomic E-state index is -3.56. The number of hydrogen-bond donors (Lipinski definition) is 1. The highest BCUT2D eigenvalue weighted by atomic mass is 32.2. The molecule has 0 spiro atoms. The fraction of sp³-hybridized carbons (Fsp3) is 0.632. The molecule has 6 nitrogen and oxygen atoms in total. The van der Waals surface area contributed by atoms with Gasteiger partial charge < -0.3 is 10.2 Å². The summed E-state index contributed by atoms with van der Waals surface area (Å²) >= 11 is 0. The van der Waals surface area contributed by atoms with E-state index in [0.717, 1.165) is 37.9 Å². The maximum Gasteiger partial charge on any atom is 0.243 e. The second-order valence-electron chi connectivity index (χ2n) is 7.12. The number of nitrogens with zero attached hydrogens (tertiary/aromatic N) is 2. The first-order chi connectivity index (χ1) is 12.3. The topological polar surface area (TPSA) is 69.7 Å². The normalized spacial score (nSPS) is 16.9. The lowest BCUT2D eigenvalue weighted by molar-refractivity contribution is -0.121. The molecule has 0 bridgehead atoms. The molecule has 1 aromatic rings. The van der Waals surface area contributed by atoms with Crippen molar-refractivity contribution < 1.29 is 13.2 Å². The lowest BCUT2D eigenvalue weighted by atomic mass is 10.1. The Kier molecular flexibility index (Phi) is 7.46. The Morgan fingerprint density at radius 2 is 1.81 bits per heavy atom. The number of aryl methyl sites for hydroxylation is 1. The van der Waals surface area contributed by atoms with Gasteiger partial charge in [0.05, 0.1) is 11.9 Å². The maximum absolute atomic E-state index is 12.5. The number of carbonyl (C=O) groups is 1. The van der Waals surface area contributed by atoms with Crippen LogP contribution in [0.2, 0.25) is 0 Å². The van der Waals surface area contributed by atoms with Crippen molar-refractivity contribution in [2.24, 2.45) is 0 Å². The number of sulfonamides is 1. The van der Waals surface area contributed by atoms with Crippen molar-refractivity contribution in [3.05, 3.63) is 29.8 Å². The van der Waals surface area contributed by atoms with Gasteiger partial charge in [-0.25, -0.2) is 8.42 Å². The van der Waals surface area contributed by atoms with E-state index >= 15 is 0 Å². The number of piperidine rings is 1. The van der Waals surface area contributed by atoms with Crippen LogP contribution in [0.15, 0.2) is 24.3 Å². The van der Waals surface area contributed by atoms with Crippen molar-refractivity contribution in [2.75, 3.05) is 36.7 Å². The van der Waals surface area contributed by atoms with Crippen molar-refractivity contribution in [2.45, 2.75) is 45.6 Å². The Bertz CT molecular complexity index is 682. The quantitative estimate of drug-likeness (QED) is 0.701. The van der Waals surface area contributed by atoms with Crippen molar-refractivity contribution in [3.63, 3.8) is 0 Å². The van der Waals surface area contributed by atoms with Crippen LogP contribution in [0.25, 0.3) is 0 Å². The molecule has 0 saturated carbocycles. The molecule has 0 radical (unpaired) electrons. The second kappa shape index (κ2) is 9.37. The van der Waals surface area contributed by atoms with Crippen molar-refractivity contribution in [1.82, 2.24) is 10.2 Å². The number of anilines is 1. The van der Waals surface area contributed by atoms with E-state index in [-0.39, 0.29) is 5.91 Å². The Labute approximate surface area is 157 Å². The van der Waals surface area contributed by atoms with Gasteiger partial charge in [0, 0.05) is 6.54 Å². The SMILES string of the molecule is Cc1ccc(N([C@H](C)C(=O)NCCCN2CCCCC2)S(C)(=O)=O)cc1. The molecule has 7 heteroatoms. The summed E-state index contributed by atoms with van der Waals surface area (Å²) in [6.45, 7) is 7.38. The first-order valence-electron chi connectivity index (χ1n) is 9.35. The van der Waals surface area contributed by atoms with Gasteiger partial charge in [0.1, 0.15) is 6.04 Å². The molecular formula is C19H31N3O3S. The van der Waals surface area contributed by atoms with E-state index in [1.165, 1.54) is 23.6 Å². The van der Waals surface area contributed by atoms with Crippen LogP contribution in [0.5, 0.6) is 0 Å². The molecule has 0 aliphatic carbocycles. The van der Waals surface area contributed by atoms with Crippen LogP contribution in [-0.4, -0.2) is 57.7 Å². The van der Waals surface area contributed by atoms with Gasteiger partial charge in [-0.2, -0.15) is 0 Å². The molecular weight excluding hydrogens is 350 g/mol. The molecule has 1 aromatic carbocycles. The average molecular weight is 382 g/mol. The number of benzene rings is 1. The van der Waals surface area contributed by atoms with Crippen LogP contribution < -0.4 is 9.62 Å². The molecule has 0 aromatic heterocycles. The number of amides is 1. The molecule has 0 unspecified atom stereocenters. The molecule has 1 aliphatic rings. The summed E-state index contributed by atoms with van der Waals surface area (Å²) in [5.41, 5.74) is 1.55. The lowest BCUT2D eigenvalue weighted by Crippen LogP contribution is -2.48. The number of likely N-dealkylation sites (tertiary alicyclic amines) is 1. The zero-order chi connectivity index (χ0) is 19.2. The highest BCUT2D eigenvalue weighted by Gasteiger charge is 2.28. The van der Waals surface area contributed by atoms with Crippen molar-refractivity contribution >= 4 is 21.6 Å². The van der Waals surface area contributed by atoms with E-state index in [4.69, 9.17) is 0 Å². The molecule has 1 N–H and O–H groups in total. The number of carbonyl (C=O) groups excluding carboxylic acids is 1. The van der Waals surface area contributed by atoms with Gasteiger partial charge in [0.2, 0.25) is 15.9 Å². The zero-order valence-corrected chi connectivity index (χ0v) is 16.9. The fourth-order valence-corrected chi connectivity index (χ4v) is 4.52. The molecule has 26 heavy (non-hydrogen) atoms. The summed E-state index contributed by atoms with van der Waals surface area (Å²) in [4.78, 5) is 14.9. The molecule has 1 fully saturated rings. The maximum atomic E-state index is 12.5. The minimum Gasteiger partial charge on any atom is -0.354 e. The number of rotatable bonds is 8. The van der Waals surface area contributed by atoms with Gasteiger partial charge >= 0.3 is 0 Å². The average Bonchev–Trinajstić information content (AvgIpc) is 2.60. The third-order valence-corrected chi connectivity index (χ3v) is 6.02. The van der Waals surface area contributed by atoms with Crippen LogP contribution in [0.1, 0.15) is 38.2 Å². The Morgan fingerprint density at radius 1 is 1.19 bits per heavy atom. The van der Waals surface area contributed by atoms with Crippen LogP contribution in [0.3, 0.4) is 0 Å². The molecule has 2 rings (SSSR count). The summed E-state index contributed by atoms with van der Waals surface area (Å²) in [5, 5.41) is 2.88. The smallest absolute Gasteiger partial charge is 0.243 e. The standard InChI is InChI=1S/C19H31N3O3S/c1-16-8-10-18(11-9-16)22(26(3,24)25)17(2)19(23)20-12-7-15-21-13-5-4-6-14-21/h8-11,17H,4-7,12-15H2,1-3H3,(H,20,23)/t17-/m1/s1. The van der Waals surface area contributed by atoms with E-state index in [9.17, 15) is 13.2 Å². The van der Waals surface area contributed by atoms with Gasteiger partial charge in [0.25, 0.3) is 0 Å².